The number of pyridine rings is 1. The van der Waals surface area contributed by atoms with Crippen LogP contribution in [0.4, 0.5) is 38.0 Å². The predicted octanol–water partition coefficient (Wildman–Crippen LogP) is 2.46. The Morgan fingerprint density at radius 1 is 1.22 bits per heavy atom. The van der Waals surface area contributed by atoms with Gasteiger partial charge in [0.15, 0.2) is 11.6 Å². The number of amides is 1. The number of primary amides is 1. The van der Waals surface area contributed by atoms with Crippen molar-refractivity contribution in [2.75, 3.05) is 56.2 Å². The zero-order valence-electron chi connectivity index (χ0n) is 19.5. The van der Waals surface area contributed by atoms with Gasteiger partial charge < -0.3 is 20.7 Å². The van der Waals surface area contributed by atoms with Crippen molar-refractivity contribution < 1.29 is 35.9 Å². The number of carbonyl (C=O) groups is 1. The van der Waals surface area contributed by atoms with Crippen LogP contribution in [0.3, 0.4) is 0 Å². The van der Waals surface area contributed by atoms with Gasteiger partial charge in [-0.1, -0.05) is 0 Å². The number of nitrogens with two attached hydrogens (primary N) is 1. The normalized spacial score (nSPS) is 22.6. The summed E-state index contributed by atoms with van der Waals surface area (Å²) >= 11 is 0. The number of nitrogens with zero attached hydrogens (tertiary/aromatic N) is 5. The summed E-state index contributed by atoms with van der Waals surface area (Å²) in [5.41, 5.74) is 4.39. The van der Waals surface area contributed by atoms with Gasteiger partial charge in [-0.2, -0.15) is 17.6 Å². The number of anilines is 2. The standard InChI is InChI=1S/C22H25F6N7O2/c23-18-19(31-7-13-3-4-34(9-17(29)36)11-21(13,24)25)32-12-33-20(18)35-5-6-37-10-16(35)15-2-1-14(8-30-15)22(26,27)28/h1-2,8,12-13,16H,3-7,9-11H2,(H2,29,36)(H,31,32,33). The van der Waals surface area contributed by atoms with Gasteiger partial charge in [0.05, 0.1) is 43.6 Å². The largest absolute Gasteiger partial charge is 0.417 e. The highest BCUT2D eigenvalue weighted by molar-refractivity contribution is 5.75. The van der Waals surface area contributed by atoms with Gasteiger partial charge in [-0.25, -0.2) is 18.7 Å². The second kappa shape index (κ2) is 10.7. The number of carbonyl (C=O) groups excluding carboxylic acids is 1. The number of nitrogens with one attached hydrogen (secondary N) is 1. The first-order valence-electron chi connectivity index (χ1n) is 11.5. The topological polar surface area (TPSA) is 110 Å². The lowest BCUT2D eigenvalue weighted by atomic mass is 9.92. The average molecular weight is 533 g/mol. The first-order valence-corrected chi connectivity index (χ1v) is 11.5. The fourth-order valence-electron chi connectivity index (χ4n) is 4.44. The highest BCUT2D eigenvalue weighted by Crippen LogP contribution is 2.35. The van der Waals surface area contributed by atoms with E-state index >= 15 is 4.39 Å². The Labute approximate surface area is 208 Å². The third-order valence-corrected chi connectivity index (χ3v) is 6.35. The van der Waals surface area contributed by atoms with Crippen LogP contribution in [-0.4, -0.2) is 77.6 Å². The quantitative estimate of drug-likeness (QED) is 0.523. The summed E-state index contributed by atoms with van der Waals surface area (Å²) in [4.78, 5) is 25.6. The summed E-state index contributed by atoms with van der Waals surface area (Å²) in [6.45, 7) is -0.559. The molecule has 2 fully saturated rings. The fourth-order valence-corrected chi connectivity index (χ4v) is 4.44. The van der Waals surface area contributed by atoms with Crippen molar-refractivity contribution >= 4 is 17.5 Å². The molecular formula is C22H25F6N7O2. The summed E-state index contributed by atoms with van der Waals surface area (Å²) in [7, 11) is 0. The van der Waals surface area contributed by atoms with E-state index in [1.54, 1.807) is 0 Å². The number of likely N-dealkylation sites (tertiary alicyclic amines) is 1. The highest BCUT2D eigenvalue weighted by Gasteiger charge is 2.44. The predicted molar refractivity (Wildman–Crippen MR) is 119 cm³/mol. The summed E-state index contributed by atoms with van der Waals surface area (Å²) < 4.78 is 88.8. The van der Waals surface area contributed by atoms with E-state index in [9.17, 15) is 26.7 Å². The zero-order chi connectivity index (χ0) is 26.8. The number of hydrogen-bond donors (Lipinski definition) is 2. The Morgan fingerprint density at radius 2 is 2.00 bits per heavy atom. The maximum absolute atomic E-state index is 15.4. The van der Waals surface area contributed by atoms with Gasteiger partial charge in [-0.3, -0.25) is 14.7 Å². The van der Waals surface area contributed by atoms with E-state index in [1.807, 2.05) is 0 Å². The molecule has 1 amide bonds. The molecule has 0 radical (unpaired) electrons. The molecule has 15 heteroatoms. The average Bonchev–Trinajstić information content (AvgIpc) is 2.83. The fraction of sp³-hybridized carbons (Fsp3) is 0.545. The van der Waals surface area contributed by atoms with Crippen LogP contribution in [0.15, 0.2) is 24.7 Å². The van der Waals surface area contributed by atoms with Crippen molar-refractivity contribution in [1.29, 1.82) is 0 Å². The zero-order valence-corrected chi connectivity index (χ0v) is 19.5. The molecule has 3 N–H and O–H groups in total. The minimum absolute atomic E-state index is 0.0284. The molecule has 2 aliphatic heterocycles. The van der Waals surface area contributed by atoms with Gasteiger partial charge in [0, 0.05) is 25.2 Å². The Hall–Kier alpha value is -3.20. The molecule has 2 saturated heterocycles. The molecular weight excluding hydrogens is 508 g/mol. The second-order valence-corrected chi connectivity index (χ2v) is 8.92. The first kappa shape index (κ1) is 26.9. The van der Waals surface area contributed by atoms with Gasteiger partial charge in [-0.05, 0) is 25.1 Å². The molecule has 202 valence electrons. The molecule has 2 aromatic rings. The van der Waals surface area contributed by atoms with Gasteiger partial charge in [0.25, 0.3) is 5.92 Å². The van der Waals surface area contributed by atoms with Crippen LogP contribution in [0.2, 0.25) is 0 Å². The first-order chi connectivity index (χ1) is 17.5. The van der Waals surface area contributed by atoms with Crippen LogP contribution in [0.5, 0.6) is 0 Å². The molecule has 0 saturated carbocycles. The Bertz CT molecular complexity index is 1100. The molecule has 37 heavy (non-hydrogen) atoms. The van der Waals surface area contributed by atoms with Crippen molar-refractivity contribution in [2.45, 2.75) is 24.6 Å². The molecule has 2 aromatic heterocycles. The van der Waals surface area contributed by atoms with Crippen LogP contribution in [0, 0.1) is 11.7 Å². The SMILES string of the molecule is NC(=O)CN1CCC(CNc2ncnc(N3CCOCC3c3ccc(C(F)(F)F)cn3)c2F)C(F)(F)C1. The Balaban J connectivity index is 1.48. The van der Waals surface area contributed by atoms with Crippen molar-refractivity contribution in [2.24, 2.45) is 11.7 Å². The van der Waals surface area contributed by atoms with Crippen molar-refractivity contribution in [3.63, 3.8) is 0 Å². The van der Waals surface area contributed by atoms with E-state index in [4.69, 9.17) is 10.5 Å². The summed E-state index contributed by atoms with van der Waals surface area (Å²) in [6.07, 6.45) is -2.73. The molecule has 4 heterocycles. The number of morpholine rings is 1. The summed E-state index contributed by atoms with van der Waals surface area (Å²) in [5.74, 6) is -6.31. The third kappa shape index (κ3) is 6.21. The lowest BCUT2D eigenvalue weighted by molar-refractivity contribution is -0.137. The third-order valence-electron chi connectivity index (χ3n) is 6.35. The monoisotopic (exact) mass is 533 g/mol. The Morgan fingerprint density at radius 3 is 2.65 bits per heavy atom. The van der Waals surface area contributed by atoms with Crippen LogP contribution < -0.4 is 16.0 Å². The smallest absolute Gasteiger partial charge is 0.377 e. The van der Waals surface area contributed by atoms with Gasteiger partial charge >= 0.3 is 6.18 Å². The van der Waals surface area contributed by atoms with E-state index in [2.05, 4.69) is 20.3 Å². The number of rotatable bonds is 7. The Kier molecular flexibility index (Phi) is 7.73. The molecule has 2 aliphatic rings. The molecule has 2 atom stereocenters. The maximum Gasteiger partial charge on any atom is 0.417 e. The van der Waals surface area contributed by atoms with Crippen molar-refractivity contribution in [3.05, 3.63) is 41.7 Å². The molecule has 9 nitrogen and oxygen atoms in total. The number of piperidine rings is 1. The number of ether oxygens (including phenoxy) is 1. The van der Waals surface area contributed by atoms with E-state index in [1.165, 1.54) is 15.9 Å². The van der Waals surface area contributed by atoms with Gasteiger partial charge in [0.1, 0.15) is 6.33 Å². The molecule has 0 bridgehead atoms. The van der Waals surface area contributed by atoms with E-state index in [0.717, 1.165) is 12.4 Å². The second-order valence-electron chi connectivity index (χ2n) is 8.92. The minimum Gasteiger partial charge on any atom is -0.377 e. The van der Waals surface area contributed by atoms with Gasteiger partial charge in [0.2, 0.25) is 11.7 Å². The lowest BCUT2D eigenvalue weighted by Crippen LogP contribution is -2.52. The van der Waals surface area contributed by atoms with Crippen molar-refractivity contribution in [3.8, 4) is 0 Å². The molecule has 0 spiro atoms. The summed E-state index contributed by atoms with van der Waals surface area (Å²) in [5, 5.41) is 2.64. The highest BCUT2D eigenvalue weighted by atomic mass is 19.4. The van der Waals surface area contributed by atoms with E-state index in [-0.39, 0.29) is 63.1 Å². The van der Waals surface area contributed by atoms with Crippen molar-refractivity contribution in [1.82, 2.24) is 19.9 Å². The van der Waals surface area contributed by atoms with Crippen LogP contribution in [0.25, 0.3) is 0 Å². The lowest BCUT2D eigenvalue weighted by Gasteiger charge is -2.38. The summed E-state index contributed by atoms with van der Waals surface area (Å²) in [6, 6.07) is 1.35. The molecule has 4 rings (SSSR count). The number of hydrogen-bond acceptors (Lipinski definition) is 8. The molecule has 2 unspecified atom stereocenters. The number of alkyl halides is 5. The van der Waals surface area contributed by atoms with Gasteiger partial charge in [-0.15, -0.1) is 0 Å². The molecule has 0 aromatic carbocycles. The minimum atomic E-state index is -4.55. The van der Waals surface area contributed by atoms with E-state index < -0.39 is 47.9 Å². The number of halogens is 6. The van der Waals surface area contributed by atoms with Crippen LogP contribution >= 0.6 is 0 Å². The van der Waals surface area contributed by atoms with E-state index in [0.29, 0.717) is 6.20 Å². The van der Waals surface area contributed by atoms with Crippen LogP contribution in [0.1, 0.15) is 23.7 Å². The van der Waals surface area contributed by atoms with Crippen LogP contribution in [-0.2, 0) is 15.7 Å². The number of aromatic nitrogens is 3. The maximum atomic E-state index is 15.4. The molecule has 0 aliphatic carbocycles.